The molecule has 3 nitrogen and oxygen atoms in total. The van der Waals surface area contributed by atoms with Gasteiger partial charge in [-0.05, 0) is 31.7 Å². The lowest BCUT2D eigenvalue weighted by atomic mass is 9.86. The average Bonchev–Trinajstić information content (AvgIpc) is 3.21. The number of nitrogens with one attached hydrogen (secondary N) is 1. The second kappa shape index (κ2) is 5.33. The first-order valence-corrected chi connectivity index (χ1v) is 6.80. The van der Waals surface area contributed by atoms with Gasteiger partial charge < -0.3 is 10.4 Å². The minimum absolute atomic E-state index is 0.0334. The van der Waals surface area contributed by atoms with Crippen molar-refractivity contribution in [2.24, 2.45) is 5.92 Å². The first-order chi connectivity index (χ1) is 9.68. The zero-order chi connectivity index (χ0) is 15.8. The molecule has 1 aliphatic rings. The topological polar surface area (TPSA) is 49.3 Å². The number of aliphatic hydroxyl groups is 1. The highest BCUT2D eigenvalue weighted by Crippen LogP contribution is 2.52. The molecule has 21 heavy (non-hydrogen) atoms. The van der Waals surface area contributed by atoms with E-state index in [1.54, 1.807) is 0 Å². The van der Waals surface area contributed by atoms with Crippen LogP contribution in [0.4, 0.5) is 13.2 Å². The van der Waals surface area contributed by atoms with Crippen molar-refractivity contribution in [2.45, 2.75) is 44.8 Å². The van der Waals surface area contributed by atoms with Crippen molar-refractivity contribution in [1.29, 1.82) is 0 Å². The number of carbonyl (C=O) groups is 1. The summed E-state index contributed by atoms with van der Waals surface area (Å²) in [6.45, 7) is 2.13. The van der Waals surface area contributed by atoms with Crippen LogP contribution in [0, 0.1) is 11.7 Å². The Morgan fingerprint density at radius 1 is 1.43 bits per heavy atom. The number of halogens is 3. The number of alkyl halides is 2. The number of carbonyl (C=O) groups excluding carboxylic acids is 1. The zero-order valence-corrected chi connectivity index (χ0v) is 11.9. The van der Waals surface area contributed by atoms with Crippen LogP contribution >= 0.6 is 0 Å². The van der Waals surface area contributed by atoms with Crippen LogP contribution in [0.2, 0.25) is 0 Å². The van der Waals surface area contributed by atoms with E-state index >= 15 is 0 Å². The minimum Gasteiger partial charge on any atom is -0.383 e. The van der Waals surface area contributed by atoms with Crippen LogP contribution in [0.25, 0.3) is 0 Å². The van der Waals surface area contributed by atoms with Gasteiger partial charge in [0.05, 0.1) is 5.56 Å². The van der Waals surface area contributed by atoms with Gasteiger partial charge >= 0.3 is 5.92 Å². The molecule has 2 N–H and O–H groups in total. The molecule has 1 fully saturated rings. The Hall–Kier alpha value is -1.56. The lowest BCUT2D eigenvalue weighted by Gasteiger charge is -2.33. The van der Waals surface area contributed by atoms with Crippen molar-refractivity contribution >= 4 is 5.91 Å². The third kappa shape index (κ3) is 2.90. The summed E-state index contributed by atoms with van der Waals surface area (Å²) < 4.78 is 43.3. The second-order valence-corrected chi connectivity index (χ2v) is 5.68. The number of rotatable bonds is 5. The van der Waals surface area contributed by atoms with Crippen molar-refractivity contribution in [3.8, 4) is 0 Å². The molecule has 1 saturated carbocycles. The summed E-state index contributed by atoms with van der Waals surface area (Å²) in [6, 6.07) is 3.60. The zero-order valence-electron chi connectivity index (χ0n) is 11.9. The molecule has 0 radical (unpaired) electrons. The van der Waals surface area contributed by atoms with Crippen molar-refractivity contribution in [2.75, 3.05) is 0 Å². The highest BCUT2D eigenvalue weighted by Gasteiger charge is 2.59. The van der Waals surface area contributed by atoms with Gasteiger partial charge in [-0.15, -0.1) is 0 Å². The molecule has 6 heteroatoms. The molecule has 0 aromatic heterocycles. The molecule has 1 atom stereocenters. The fourth-order valence-corrected chi connectivity index (χ4v) is 2.35. The monoisotopic (exact) mass is 301 g/mol. The van der Waals surface area contributed by atoms with Crippen LogP contribution in [-0.4, -0.2) is 16.6 Å². The molecular formula is C15H18F3NO2. The van der Waals surface area contributed by atoms with Gasteiger partial charge in [0, 0.05) is 19.0 Å². The van der Waals surface area contributed by atoms with E-state index in [0.29, 0.717) is 12.8 Å². The predicted molar refractivity (Wildman–Crippen MR) is 71.2 cm³/mol. The molecular weight excluding hydrogens is 283 g/mol. The van der Waals surface area contributed by atoms with Gasteiger partial charge in [-0.25, -0.2) is 4.39 Å². The minimum atomic E-state index is -3.69. The van der Waals surface area contributed by atoms with Gasteiger partial charge in [-0.1, -0.05) is 12.1 Å². The summed E-state index contributed by atoms with van der Waals surface area (Å²) in [5, 5.41) is 12.5. The fraction of sp³-hybridized carbons (Fsp3) is 0.533. The van der Waals surface area contributed by atoms with Crippen molar-refractivity contribution < 1.29 is 23.1 Å². The molecule has 0 saturated heterocycles. The molecule has 0 bridgehead atoms. The van der Waals surface area contributed by atoms with E-state index in [9.17, 15) is 23.1 Å². The lowest BCUT2D eigenvalue weighted by Crippen LogP contribution is -2.45. The number of hydrogen-bond donors (Lipinski definition) is 2. The predicted octanol–water partition coefficient (Wildman–Crippen LogP) is 2.71. The van der Waals surface area contributed by atoms with Gasteiger partial charge in [0.25, 0.3) is 0 Å². The first kappa shape index (κ1) is 15.8. The van der Waals surface area contributed by atoms with Crippen molar-refractivity contribution in [1.82, 2.24) is 5.32 Å². The van der Waals surface area contributed by atoms with Crippen LogP contribution in [0.3, 0.4) is 0 Å². The van der Waals surface area contributed by atoms with Crippen LogP contribution < -0.4 is 5.32 Å². The van der Waals surface area contributed by atoms with E-state index in [1.165, 1.54) is 19.1 Å². The van der Waals surface area contributed by atoms with Gasteiger partial charge in [0.15, 0.2) is 0 Å². The maximum Gasteiger partial charge on any atom is 0.304 e. The Labute approximate surface area is 121 Å². The summed E-state index contributed by atoms with van der Waals surface area (Å²) in [7, 11) is 0. The molecule has 1 unspecified atom stereocenters. The Morgan fingerprint density at radius 3 is 2.57 bits per heavy atom. The third-order valence-electron chi connectivity index (χ3n) is 3.95. The van der Waals surface area contributed by atoms with E-state index in [0.717, 1.165) is 13.0 Å². The number of hydrogen-bond acceptors (Lipinski definition) is 2. The molecule has 116 valence electrons. The summed E-state index contributed by atoms with van der Waals surface area (Å²) in [4.78, 5) is 10.8. The Morgan fingerprint density at radius 2 is 2.05 bits per heavy atom. The molecule has 1 aromatic carbocycles. The maximum atomic E-state index is 14.5. The Kier molecular flexibility index (Phi) is 4.02. The summed E-state index contributed by atoms with van der Waals surface area (Å²) >= 11 is 0. The molecule has 0 aliphatic heterocycles. The summed E-state index contributed by atoms with van der Waals surface area (Å²) in [6.07, 6.45) is 1.02. The van der Waals surface area contributed by atoms with Crippen LogP contribution in [0.15, 0.2) is 18.2 Å². The number of benzene rings is 1. The second-order valence-electron chi connectivity index (χ2n) is 5.68. The van der Waals surface area contributed by atoms with Crippen LogP contribution in [0.5, 0.6) is 0 Å². The van der Waals surface area contributed by atoms with E-state index in [2.05, 4.69) is 5.32 Å². The van der Waals surface area contributed by atoms with Gasteiger partial charge in [0.2, 0.25) is 5.91 Å². The Balaban J connectivity index is 2.34. The molecule has 0 heterocycles. The van der Waals surface area contributed by atoms with E-state index < -0.39 is 28.8 Å². The normalized spacial score (nSPS) is 18.2. The molecule has 1 aliphatic carbocycles. The molecule has 0 spiro atoms. The van der Waals surface area contributed by atoms with Gasteiger partial charge in [-0.3, -0.25) is 4.79 Å². The quantitative estimate of drug-likeness (QED) is 0.878. The van der Waals surface area contributed by atoms with E-state index in [4.69, 9.17) is 0 Å². The van der Waals surface area contributed by atoms with Gasteiger partial charge in [0.1, 0.15) is 11.4 Å². The van der Waals surface area contributed by atoms with E-state index in [-0.39, 0.29) is 18.0 Å². The largest absolute Gasteiger partial charge is 0.383 e. The highest BCUT2D eigenvalue weighted by atomic mass is 19.3. The lowest BCUT2D eigenvalue weighted by molar-refractivity contribution is -0.191. The summed E-state index contributed by atoms with van der Waals surface area (Å²) in [5.74, 6) is -5.68. The standard InChI is InChI=1S/C15H18F3NO2/c1-9(20)19-8-10-4-3-5-12(13(10)16)15(17,18)14(2,21)11-6-7-11/h3-5,11,21H,6-8H2,1-2H3,(H,19,20). The highest BCUT2D eigenvalue weighted by molar-refractivity contribution is 5.72. The maximum absolute atomic E-state index is 14.5. The van der Waals surface area contributed by atoms with E-state index in [1.807, 2.05) is 0 Å². The Bertz CT molecular complexity index is 554. The smallest absolute Gasteiger partial charge is 0.304 e. The van der Waals surface area contributed by atoms with Crippen LogP contribution in [0.1, 0.15) is 37.8 Å². The molecule has 2 rings (SSSR count). The van der Waals surface area contributed by atoms with Crippen molar-refractivity contribution in [3.63, 3.8) is 0 Å². The molecule has 1 amide bonds. The third-order valence-corrected chi connectivity index (χ3v) is 3.95. The molecule has 1 aromatic rings. The van der Waals surface area contributed by atoms with Gasteiger partial charge in [-0.2, -0.15) is 8.78 Å². The SMILES string of the molecule is CC(=O)NCc1cccc(C(F)(F)C(C)(O)C2CC2)c1F. The summed E-state index contributed by atoms with van der Waals surface area (Å²) in [5.41, 5.74) is -3.14. The van der Waals surface area contributed by atoms with Crippen LogP contribution in [-0.2, 0) is 17.3 Å². The van der Waals surface area contributed by atoms with Crippen molar-refractivity contribution in [3.05, 3.63) is 35.1 Å². The number of amides is 1. The fourth-order valence-electron chi connectivity index (χ4n) is 2.35. The first-order valence-electron chi connectivity index (χ1n) is 6.80. The average molecular weight is 301 g/mol.